The molecule has 0 aromatic heterocycles. The number of hydrogen-bond acceptors (Lipinski definition) is 4. The summed E-state index contributed by atoms with van der Waals surface area (Å²) >= 11 is 1.57. The van der Waals surface area contributed by atoms with Gasteiger partial charge in [-0.05, 0) is 17.7 Å². The number of rotatable bonds is 3. The third-order valence-electron chi connectivity index (χ3n) is 3.33. The van der Waals surface area contributed by atoms with Gasteiger partial charge in [0.15, 0.2) is 5.17 Å². The first-order chi connectivity index (χ1) is 10.7. The smallest absolute Gasteiger partial charge is 0.227 e. The normalized spacial score (nSPS) is 19.8. The zero-order valence-electron chi connectivity index (χ0n) is 12.2. The SMILES string of the molecule is COc1cccc(N=C2NC(=O)CC(c3ccccc3)S2)c1. The van der Waals surface area contributed by atoms with Gasteiger partial charge in [-0.1, -0.05) is 48.2 Å². The summed E-state index contributed by atoms with van der Waals surface area (Å²) in [6.45, 7) is 0. The second-order valence-electron chi connectivity index (χ2n) is 4.89. The van der Waals surface area contributed by atoms with Gasteiger partial charge in [-0.25, -0.2) is 4.99 Å². The van der Waals surface area contributed by atoms with Gasteiger partial charge >= 0.3 is 0 Å². The molecule has 112 valence electrons. The van der Waals surface area contributed by atoms with Crippen LogP contribution in [-0.4, -0.2) is 18.2 Å². The zero-order chi connectivity index (χ0) is 15.4. The molecule has 2 aromatic rings. The quantitative estimate of drug-likeness (QED) is 0.940. The molecule has 1 heterocycles. The number of aliphatic imine (C=N–C) groups is 1. The number of thioether (sulfide) groups is 1. The van der Waals surface area contributed by atoms with Gasteiger partial charge in [-0.3, -0.25) is 4.79 Å². The van der Waals surface area contributed by atoms with Crippen LogP contribution in [0.2, 0.25) is 0 Å². The zero-order valence-corrected chi connectivity index (χ0v) is 13.0. The van der Waals surface area contributed by atoms with Crippen molar-refractivity contribution in [1.29, 1.82) is 0 Å². The van der Waals surface area contributed by atoms with Crippen LogP contribution in [0.4, 0.5) is 5.69 Å². The molecule has 1 saturated heterocycles. The van der Waals surface area contributed by atoms with Gasteiger partial charge in [0.25, 0.3) is 0 Å². The first kappa shape index (κ1) is 14.7. The summed E-state index contributed by atoms with van der Waals surface area (Å²) in [6.07, 6.45) is 0.464. The average Bonchev–Trinajstić information content (AvgIpc) is 2.55. The highest BCUT2D eigenvalue weighted by molar-refractivity contribution is 8.14. The van der Waals surface area contributed by atoms with Gasteiger partial charge in [0.05, 0.1) is 12.8 Å². The van der Waals surface area contributed by atoms with Crippen LogP contribution in [0.25, 0.3) is 0 Å². The number of methoxy groups -OCH3 is 1. The van der Waals surface area contributed by atoms with Crippen LogP contribution < -0.4 is 10.1 Å². The van der Waals surface area contributed by atoms with E-state index in [4.69, 9.17) is 4.74 Å². The molecule has 1 N–H and O–H groups in total. The fraction of sp³-hybridized carbons (Fsp3) is 0.176. The number of nitrogens with zero attached hydrogens (tertiary/aromatic N) is 1. The van der Waals surface area contributed by atoms with Crippen molar-refractivity contribution in [3.05, 3.63) is 60.2 Å². The van der Waals surface area contributed by atoms with Gasteiger partial charge in [0.1, 0.15) is 5.75 Å². The summed E-state index contributed by atoms with van der Waals surface area (Å²) in [7, 11) is 1.62. The molecule has 0 radical (unpaired) electrons. The van der Waals surface area contributed by atoms with E-state index in [0.29, 0.717) is 11.6 Å². The maximum absolute atomic E-state index is 11.9. The van der Waals surface area contributed by atoms with E-state index in [1.165, 1.54) is 0 Å². The highest BCUT2D eigenvalue weighted by Gasteiger charge is 2.25. The average molecular weight is 312 g/mol. The van der Waals surface area contributed by atoms with E-state index in [1.54, 1.807) is 18.9 Å². The second-order valence-corrected chi connectivity index (χ2v) is 6.08. The molecule has 5 heteroatoms. The van der Waals surface area contributed by atoms with E-state index in [0.717, 1.165) is 17.0 Å². The molecule has 0 saturated carbocycles. The number of nitrogens with one attached hydrogen (secondary N) is 1. The van der Waals surface area contributed by atoms with Gasteiger partial charge in [-0.15, -0.1) is 0 Å². The predicted octanol–water partition coefficient (Wildman–Crippen LogP) is 3.68. The van der Waals surface area contributed by atoms with Crippen LogP contribution in [0.15, 0.2) is 59.6 Å². The Morgan fingerprint density at radius 3 is 2.77 bits per heavy atom. The molecule has 1 atom stereocenters. The van der Waals surface area contributed by atoms with Crippen molar-refractivity contribution in [2.45, 2.75) is 11.7 Å². The number of amidine groups is 1. The second kappa shape index (κ2) is 6.66. The van der Waals surface area contributed by atoms with Crippen LogP contribution in [0.5, 0.6) is 5.75 Å². The highest BCUT2D eigenvalue weighted by Crippen LogP contribution is 2.36. The fourth-order valence-corrected chi connectivity index (χ4v) is 3.38. The Labute approximate surface area is 133 Å². The van der Waals surface area contributed by atoms with E-state index < -0.39 is 0 Å². The Morgan fingerprint density at radius 2 is 2.00 bits per heavy atom. The molecule has 0 spiro atoms. The summed E-state index contributed by atoms with van der Waals surface area (Å²) in [5, 5.41) is 3.56. The van der Waals surface area contributed by atoms with Crippen molar-refractivity contribution in [2.24, 2.45) is 4.99 Å². The molecular weight excluding hydrogens is 296 g/mol. The van der Waals surface area contributed by atoms with Crippen LogP contribution >= 0.6 is 11.8 Å². The molecule has 0 bridgehead atoms. The standard InChI is InChI=1S/C17H16N2O2S/c1-21-14-9-5-8-13(10-14)18-17-19-16(20)11-15(22-17)12-6-3-2-4-7-12/h2-10,15H,11H2,1H3,(H,18,19,20). The van der Waals surface area contributed by atoms with Crippen LogP contribution in [0.1, 0.15) is 17.2 Å². The van der Waals surface area contributed by atoms with Crippen molar-refractivity contribution in [3.8, 4) is 5.75 Å². The summed E-state index contributed by atoms with van der Waals surface area (Å²) in [5.41, 5.74) is 1.90. The lowest BCUT2D eigenvalue weighted by Crippen LogP contribution is -2.34. The van der Waals surface area contributed by atoms with Crippen LogP contribution in [-0.2, 0) is 4.79 Å². The number of carbonyl (C=O) groups is 1. The lowest BCUT2D eigenvalue weighted by molar-refractivity contribution is -0.119. The molecule has 4 nitrogen and oxygen atoms in total. The number of carbonyl (C=O) groups excluding carboxylic acids is 1. The summed E-state index contributed by atoms with van der Waals surface area (Å²) in [5.74, 6) is 0.739. The van der Waals surface area contributed by atoms with Gasteiger partial charge < -0.3 is 10.1 Å². The lowest BCUT2D eigenvalue weighted by atomic mass is 10.1. The Hall–Kier alpha value is -2.27. The van der Waals surface area contributed by atoms with E-state index in [1.807, 2.05) is 54.6 Å². The Morgan fingerprint density at radius 1 is 1.18 bits per heavy atom. The van der Waals surface area contributed by atoms with E-state index >= 15 is 0 Å². The third kappa shape index (κ3) is 3.49. The molecule has 1 aliphatic rings. The minimum absolute atomic E-state index is 0.00532. The van der Waals surface area contributed by atoms with Crippen molar-refractivity contribution >= 4 is 28.5 Å². The first-order valence-corrected chi connectivity index (χ1v) is 7.87. The Bertz CT molecular complexity index is 701. The molecule has 1 aliphatic heterocycles. The summed E-state index contributed by atoms with van der Waals surface area (Å²) < 4.78 is 5.19. The number of amides is 1. The monoisotopic (exact) mass is 312 g/mol. The third-order valence-corrected chi connectivity index (χ3v) is 4.47. The molecule has 2 aromatic carbocycles. The van der Waals surface area contributed by atoms with Gasteiger partial charge in [0.2, 0.25) is 5.91 Å². The minimum atomic E-state index is -0.00532. The topological polar surface area (TPSA) is 50.7 Å². The molecule has 1 unspecified atom stereocenters. The summed E-state index contributed by atoms with van der Waals surface area (Å²) in [6, 6.07) is 17.5. The van der Waals surface area contributed by atoms with Crippen LogP contribution in [0, 0.1) is 0 Å². The molecule has 22 heavy (non-hydrogen) atoms. The molecule has 3 rings (SSSR count). The van der Waals surface area contributed by atoms with Crippen molar-refractivity contribution < 1.29 is 9.53 Å². The maximum Gasteiger partial charge on any atom is 0.227 e. The van der Waals surface area contributed by atoms with Gasteiger partial charge in [0, 0.05) is 17.7 Å². The largest absolute Gasteiger partial charge is 0.497 e. The van der Waals surface area contributed by atoms with Crippen LogP contribution in [0.3, 0.4) is 0 Å². The molecule has 1 fully saturated rings. The summed E-state index contributed by atoms with van der Waals surface area (Å²) in [4.78, 5) is 16.5. The Balaban J connectivity index is 1.84. The number of hydrogen-bond donors (Lipinski definition) is 1. The first-order valence-electron chi connectivity index (χ1n) is 6.99. The number of benzene rings is 2. The van der Waals surface area contributed by atoms with Gasteiger partial charge in [-0.2, -0.15) is 0 Å². The van der Waals surface area contributed by atoms with Crippen molar-refractivity contribution in [2.75, 3.05) is 7.11 Å². The molecular formula is C17H16N2O2S. The molecule has 0 aliphatic carbocycles. The van der Waals surface area contributed by atoms with Crippen molar-refractivity contribution in [1.82, 2.24) is 5.32 Å². The maximum atomic E-state index is 11.9. The van der Waals surface area contributed by atoms with E-state index in [-0.39, 0.29) is 11.2 Å². The minimum Gasteiger partial charge on any atom is -0.497 e. The Kier molecular flexibility index (Phi) is 4.44. The number of ether oxygens (including phenoxy) is 1. The fourth-order valence-electron chi connectivity index (χ4n) is 2.25. The van der Waals surface area contributed by atoms with Crippen molar-refractivity contribution in [3.63, 3.8) is 0 Å². The molecule has 1 amide bonds. The predicted molar refractivity (Wildman–Crippen MR) is 89.6 cm³/mol. The lowest BCUT2D eigenvalue weighted by Gasteiger charge is -2.23. The highest BCUT2D eigenvalue weighted by atomic mass is 32.2. The van der Waals surface area contributed by atoms with E-state index in [2.05, 4.69) is 10.3 Å². The van der Waals surface area contributed by atoms with E-state index in [9.17, 15) is 4.79 Å².